The summed E-state index contributed by atoms with van der Waals surface area (Å²) in [6, 6.07) is 0. The zero-order chi connectivity index (χ0) is 11.8. The Morgan fingerprint density at radius 2 is 2.00 bits per heavy atom. The summed E-state index contributed by atoms with van der Waals surface area (Å²) in [5.41, 5.74) is 2.33. The van der Waals surface area contributed by atoms with Crippen molar-refractivity contribution in [3.63, 3.8) is 0 Å². The van der Waals surface area contributed by atoms with E-state index in [0.717, 1.165) is 0 Å². The number of ketones is 1. The molecule has 0 fully saturated rings. The van der Waals surface area contributed by atoms with Crippen LogP contribution in [0.25, 0.3) is 0 Å². The van der Waals surface area contributed by atoms with E-state index >= 15 is 0 Å². The lowest BCUT2D eigenvalue weighted by atomic mass is 10.1. The van der Waals surface area contributed by atoms with E-state index < -0.39 is 5.97 Å². The van der Waals surface area contributed by atoms with E-state index in [9.17, 15) is 9.59 Å². The Bertz CT molecular complexity index is 258. The fourth-order valence-electron chi connectivity index (χ4n) is 0.758. The summed E-state index contributed by atoms with van der Waals surface area (Å²) >= 11 is 0. The quantitative estimate of drug-likeness (QED) is 0.403. The van der Waals surface area contributed by atoms with Gasteiger partial charge in [0.15, 0.2) is 5.78 Å². The molecule has 1 N–H and O–H groups in total. The summed E-state index contributed by atoms with van der Waals surface area (Å²) in [6.07, 6.45) is 1.19. The topological polar surface area (TPSA) is 64.6 Å². The summed E-state index contributed by atoms with van der Waals surface area (Å²) in [7, 11) is 1.35. The van der Waals surface area contributed by atoms with Gasteiger partial charge < -0.3 is 4.74 Å². The maximum absolute atomic E-state index is 11.4. The van der Waals surface area contributed by atoms with Gasteiger partial charge in [-0.05, 0) is 6.92 Å². The van der Waals surface area contributed by atoms with Gasteiger partial charge in [-0.3, -0.25) is 15.1 Å². The monoisotopic (exact) mass is 215 g/mol. The van der Waals surface area contributed by atoms with Crippen LogP contribution in [0.1, 0.15) is 20.8 Å². The highest BCUT2D eigenvalue weighted by atomic mass is 16.6. The van der Waals surface area contributed by atoms with E-state index in [2.05, 4.69) is 10.3 Å². The molecule has 15 heavy (non-hydrogen) atoms. The molecule has 0 aliphatic carbocycles. The Balaban J connectivity index is 4.64. The van der Waals surface area contributed by atoms with Crippen LogP contribution in [-0.2, 0) is 19.2 Å². The summed E-state index contributed by atoms with van der Waals surface area (Å²) in [4.78, 5) is 27.2. The first-order chi connectivity index (χ1) is 7.02. The number of hydroxylamine groups is 1. The third kappa shape index (κ3) is 5.17. The van der Waals surface area contributed by atoms with E-state index in [1.807, 2.05) is 0 Å². The van der Waals surface area contributed by atoms with Crippen molar-refractivity contribution in [1.29, 1.82) is 0 Å². The van der Waals surface area contributed by atoms with Crippen molar-refractivity contribution in [1.82, 2.24) is 5.48 Å². The molecule has 0 aliphatic heterocycles. The molecule has 0 amide bonds. The maximum atomic E-state index is 11.4. The minimum absolute atomic E-state index is 0.0121. The van der Waals surface area contributed by atoms with Crippen molar-refractivity contribution < 1.29 is 19.2 Å². The van der Waals surface area contributed by atoms with Gasteiger partial charge in [-0.1, -0.05) is 13.8 Å². The SMILES string of the molecule is CCOC(=O)C(=CC(=O)C(C)C)NOC. The van der Waals surface area contributed by atoms with Crippen molar-refractivity contribution in [2.45, 2.75) is 20.8 Å². The first-order valence-electron chi connectivity index (χ1n) is 4.74. The summed E-state index contributed by atoms with van der Waals surface area (Å²) in [6.45, 7) is 5.42. The number of rotatable bonds is 6. The van der Waals surface area contributed by atoms with E-state index in [1.165, 1.54) is 13.2 Å². The summed E-state index contributed by atoms with van der Waals surface area (Å²) < 4.78 is 4.74. The molecular formula is C10H17NO4. The van der Waals surface area contributed by atoms with Crippen molar-refractivity contribution in [3.05, 3.63) is 11.8 Å². The standard InChI is InChI=1S/C10H17NO4/c1-5-15-10(13)8(11-14-4)6-9(12)7(2)3/h6-7,11H,5H2,1-4H3. The second-order valence-electron chi connectivity index (χ2n) is 3.14. The molecule has 5 heteroatoms. The van der Waals surface area contributed by atoms with Gasteiger partial charge in [-0.15, -0.1) is 0 Å². The maximum Gasteiger partial charge on any atom is 0.356 e. The largest absolute Gasteiger partial charge is 0.461 e. The fraction of sp³-hybridized carbons (Fsp3) is 0.600. The highest BCUT2D eigenvalue weighted by Crippen LogP contribution is 2.01. The van der Waals surface area contributed by atoms with Crippen LogP contribution >= 0.6 is 0 Å². The normalized spacial score (nSPS) is 11.4. The molecule has 0 aromatic heterocycles. The predicted molar refractivity (Wildman–Crippen MR) is 54.7 cm³/mol. The number of allylic oxidation sites excluding steroid dienone is 1. The van der Waals surface area contributed by atoms with E-state index in [1.54, 1.807) is 20.8 Å². The van der Waals surface area contributed by atoms with Crippen LogP contribution in [0.4, 0.5) is 0 Å². The highest BCUT2D eigenvalue weighted by molar-refractivity contribution is 5.99. The lowest BCUT2D eigenvalue weighted by molar-refractivity contribution is -0.140. The van der Waals surface area contributed by atoms with Crippen molar-refractivity contribution >= 4 is 11.8 Å². The van der Waals surface area contributed by atoms with Gasteiger partial charge in [0.05, 0.1) is 13.7 Å². The predicted octanol–water partition coefficient (Wildman–Crippen LogP) is 0.809. The van der Waals surface area contributed by atoms with E-state index in [4.69, 9.17) is 4.74 Å². The smallest absolute Gasteiger partial charge is 0.356 e. The van der Waals surface area contributed by atoms with Crippen LogP contribution in [0.5, 0.6) is 0 Å². The number of carbonyl (C=O) groups excluding carboxylic acids is 2. The first kappa shape index (κ1) is 13.6. The summed E-state index contributed by atoms with van der Waals surface area (Å²) in [5.74, 6) is -0.941. The van der Waals surface area contributed by atoms with E-state index in [-0.39, 0.29) is 24.0 Å². The second-order valence-corrected chi connectivity index (χ2v) is 3.14. The molecule has 0 spiro atoms. The van der Waals surface area contributed by atoms with Crippen LogP contribution in [0.15, 0.2) is 11.8 Å². The lowest BCUT2D eigenvalue weighted by Gasteiger charge is -2.08. The Morgan fingerprint density at radius 3 is 2.40 bits per heavy atom. The number of carbonyl (C=O) groups is 2. The van der Waals surface area contributed by atoms with Crippen LogP contribution in [0, 0.1) is 5.92 Å². The van der Waals surface area contributed by atoms with Crippen LogP contribution in [-0.4, -0.2) is 25.5 Å². The number of nitrogens with one attached hydrogen (secondary N) is 1. The van der Waals surface area contributed by atoms with Gasteiger partial charge in [0, 0.05) is 12.0 Å². The Morgan fingerprint density at radius 1 is 1.40 bits per heavy atom. The number of hydrogen-bond acceptors (Lipinski definition) is 5. The molecule has 0 bridgehead atoms. The van der Waals surface area contributed by atoms with Gasteiger partial charge in [0.25, 0.3) is 0 Å². The van der Waals surface area contributed by atoms with Crippen LogP contribution < -0.4 is 5.48 Å². The molecule has 0 saturated heterocycles. The number of hydrogen-bond donors (Lipinski definition) is 1. The molecule has 0 atom stereocenters. The highest BCUT2D eigenvalue weighted by Gasteiger charge is 2.13. The second kappa shape index (κ2) is 7.00. The van der Waals surface area contributed by atoms with Crippen LogP contribution in [0.3, 0.4) is 0 Å². The molecule has 0 aromatic rings. The Kier molecular flexibility index (Phi) is 6.37. The molecule has 0 radical (unpaired) electrons. The third-order valence-corrected chi connectivity index (χ3v) is 1.56. The molecular weight excluding hydrogens is 198 g/mol. The van der Waals surface area contributed by atoms with Crippen LogP contribution in [0.2, 0.25) is 0 Å². The average Bonchev–Trinajstić information content (AvgIpc) is 2.17. The number of esters is 1. The Hall–Kier alpha value is -1.36. The van der Waals surface area contributed by atoms with Gasteiger partial charge in [-0.25, -0.2) is 4.79 Å². The van der Waals surface area contributed by atoms with E-state index in [0.29, 0.717) is 0 Å². The minimum Gasteiger partial charge on any atom is -0.461 e. The molecule has 0 heterocycles. The van der Waals surface area contributed by atoms with Crippen molar-refractivity contribution in [2.75, 3.05) is 13.7 Å². The zero-order valence-electron chi connectivity index (χ0n) is 9.49. The molecule has 0 aromatic carbocycles. The van der Waals surface area contributed by atoms with Gasteiger partial charge in [0.2, 0.25) is 0 Å². The minimum atomic E-state index is -0.603. The van der Waals surface area contributed by atoms with Gasteiger partial charge >= 0.3 is 5.97 Å². The number of ether oxygens (including phenoxy) is 1. The van der Waals surface area contributed by atoms with Gasteiger partial charge in [0.1, 0.15) is 5.70 Å². The molecule has 0 unspecified atom stereocenters. The van der Waals surface area contributed by atoms with Crippen molar-refractivity contribution in [3.8, 4) is 0 Å². The van der Waals surface area contributed by atoms with Gasteiger partial charge in [-0.2, -0.15) is 0 Å². The fourth-order valence-corrected chi connectivity index (χ4v) is 0.758. The molecule has 0 saturated carbocycles. The molecule has 0 rings (SSSR count). The Labute approximate surface area is 89.4 Å². The molecule has 86 valence electrons. The average molecular weight is 215 g/mol. The zero-order valence-corrected chi connectivity index (χ0v) is 9.49. The lowest BCUT2D eigenvalue weighted by Crippen LogP contribution is -2.23. The molecule has 0 aliphatic rings. The first-order valence-corrected chi connectivity index (χ1v) is 4.74. The molecule has 5 nitrogen and oxygen atoms in total. The van der Waals surface area contributed by atoms with Crippen molar-refractivity contribution in [2.24, 2.45) is 5.92 Å². The summed E-state index contributed by atoms with van der Waals surface area (Å²) in [5, 5.41) is 0. The third-order valence-electron chi connectivity index (χ3n) is 1.56.